The van der Waals surface area contributed by atoms with Crippen LogP contribution in [0.15, 0.2) is 64.8 Å². The van der Waals surface area contributed by atoms with Crippen molar-refractivity contribution in [1.29, 1.82) is 0 Å². The molecule has 0 radical (unpaired) electrons. The van der Waals surface area contributed by atoms with Crippen LogP contribution in [0.4, 0.5) is 0 Å². The van der Waals surface area contributed by atoms with E-state index in [9.17, 15) is 9.59 Å². The van der Waals surface area contributed by atoms with E-state index < -0.39 is 11.8 Å². The average Bonchev–Trinajstić information content (AvgIpc) is 2.74. The lowest BCUT2D eigenvalue weighted by Crippen LogP contribution is -2.38. The summed E-state index contributed by atoms with van der Waals surface area (Å²) >= 11 is 12.5. The van der Waals surface area contributed by atoms with Crippen molar-refractivity contribution < 1.29 is 14.3 Å². The zero-order chi connectivity index (χ0) is 23.0. The number of carbonyl (C=O) groups excluding carboxylic acids is 2. The highest BCUT2D eigenvalue weighted by molar-refractivity contribution is 6.42. The average molecular weight is 470 g/mol. The fourth-order valence-electron chi connectivity index (χ4n) is 4.70. The molecule has 6 heteroatoms. The molecule has 0 fully saturated rings. The van der Waals surface area contributed by atoms with E-state index in [4.69, 9.17) is 32.9 Å². The van der Waals surface area contributed by atoms with E-state index in [2.05, 4.69) is 0 Å². The Morgan fingerprint density at radius 2 is 1.75 bits per heavy atom. The molecule has 1 aliphatic heterocycles. The second-order valence-electron chi connectivity index (χ2n) is 8.67. The highest BCUT2D eigenvalue weighted by Crippen LogP contribution is 2.47. The summed E-state index contributed by atoms with van der Waals surface area (Å²) in [6.07, 6.45) is 0.748. The SMILES string of the molecule is CC1=NC2=C(C(=O)C[C@H](c3ccccc3)C2)[C@H](c2ccc(Cl)c(Cl)c2)C1C(=O)OC(C)C. The van der Waals surface area contributed by atoms with Crippen molar-refractivity contribution in [2.75, 3.05) is 0 Å². The second kappa shape index (κ2) is 9.21. The predicted octanol–water partition coefficient (Wildman–Crippen LogP) is 6.52. The van der Waals surface area contributed by atoms with Crippen molar-refractivity contribution in [1.82, 2.24) is 0 Å². The fourth-order valence-corrected chi connectivity index (χ4v) is 5.00. The molecule has 1 unspecified atom stereocenters. The molecule has 4 nitrogen and oxygen atoms in total. The molecule has 2 aromatic carbocycles. The normalized spacial score (nSPS) is 23.1. The smallest absolute Gasteiger partial charge is 0.315 e. The zero-order valence-corrected chi connectivity index (χ0v) is 19.8. The number of ether oxygens (including phenoxy) is 1. The van der Waals surface area contributed by atoms with Crippen LogP contribution < -0.4 is 0 Å². The van der Waals surface area contributed by atoms with Crippen LogP contribution in [0.25, 0.3) is 0 Å². The first-order chi connectivity index (χ1) is 15.3. The number of halogens is 2. The third-order valence-electron chi connectivity index (χ3n) is 6.07. The first kappa shape index (κ1) is 22.8. The van der Waals surface area contributed by atoms with Gasteiger partial charge in [-0.15, -0.1) is 0 Å². The standard InChI is InChI=1S/C26H25Cl2NO3/c1-14(2)32-26(31)23-15(3)29-21-12-18(16-7-5-4-6-8-16)13-22(30)25(21)24(23)17-9-10-19(27)20(28)11-17/h4-11,14,18,23-24H,12-13H2,1-3H3/t18-,23?,24-/m1/s1. The number of nitrogens with zero attached hydrogens (tertiary/aromatic N) is 1. The fraction of sp³-hybridized carbons (Fsp3) is 0.346. The van der Waals surface area contributed by atoms with Gasteiger partial charge in [-0.2, -0.15) is 0 Å². The molecule has 0 saturated heterocycles. The van der Waals surface area contributed by atoms with Gasteiger partial charge in [-0.1, -0.05) is 59.6 Å². The summed E-state index contributed by atoms with van der Waals surface area (Å²) in [6, 6.07) is 15.3. The number of ketones is 1. The highest BCUT2D eigenvalue weighted by Gasteiger charge is 2.45. The van der Waals surface area contributed by atoms with Crippen molar-refractivity contribution >= 4 is 40.7 Å². The van der Waals surface area contributed by atoms with Crippen LogP contribution in [0.2, 0.25) is 10.0 Å². The van der Waals surface area contributed by atoms with Gasteiger partial charge in [-0.3, -0.25) is 14.6 Å². The molecule has 1 aliphatic carbocycles. The molecule has 2 aliphatic rings. The maximum atomic E-state index is 13.5. The van der Waals surface area contributed by atoms with Crippen LogP contribution in [-0.2, 0) is 14.3 Å². The van der Waals surface area contributed by atoms with Gasteiger partial charge in [-0.05, 0) is 56.4 Å². The summed E-state index contributed by atoms with van der Waals surface area (Å²) in [5, 5.41) is 0.805. The van der Waals surface area contributed by atoms with Gasteiger partial charge >= 0.3 is 5.97 Å². The van der Waals surface area contributed by atoms with E-state index in [1.165, 1.54) is 0 Å². The minimum atomic E-state index is -0.689. The first-order valence-corrected chi connectivity index (χ1v) is 11.5. The molecular formula is C26H25Cl2NO3. The number of aliphatic imine (C=N–C) groups is 1. The van der Waals surface area contributed by atoms with Crippen LogP contribution in [0.5, 0.6) is 0 Å². The van der Waals surface area contributed by atoms with Gasteiger partial charge in [0.25, 0.3) is 0 Å². The molecule has 166 valence electrons. The lowest BCUT2D eigenvalue weighted by Gasteiger charge is -2.36. The Bertz CT molecular complexity index is 1120. The molecule has 0 spiro atoms. The number of allylic oxidation sites excluding steroid dienone is 2. The molecule has 0 saturated carbocycles. The van der Waals surface area contributed by atoms with Crippen molar-refractivity contribution in [3.8, 4) is 0 Å². The van der Waals surface area contributed by atoms with E-state index in [1.807, 2.05) is 57.2 Å². The summed E-state index contributed by atoms with van der Waals surface area (Å²) < 4.78 is 5.56. The molecule has 3 atom stereocenters. The number of rotatable bonds is 4. The largest absolute Gasteiger partial charge is 0.462 e. The van der Waals surface area contributed by atoms with Crippen LogP contribution >= 0.6 is 23.2 Å². The van der Waals surface area contributed by atoms with Gasteiger partial charge < -0.3 is 4.74 Å². The van der Waals surface area contributed by atoms with Gasteiger partial charge in [0.05, 0.1) is 16.1 Å². The van der Waals surface area contributed by atoms with Crippen LogP contribution in [0.1, 0.15) is 56.6 Å². The molecule has 0 N–H and O–H groups in total. The van der Waals surface area contributed by atoms with Gasteiger partial charge in [0.15, 0.2) is 5.78 Å². The maximum Gasteiger partial charge on any atom is 0.315 e. The molecule has 1 heterocycles. The molecule has 0 amide bonds. The quantitative estimate of drug-likeness (QED) is 0.478. The molecule has 4 rings (SSSR count). The number of esters is 1. The van der Waals surface area contributed by atoms with Crippen molar-refractivity contribution in [2.45, 2.75) is 51.6 Å². The van der Waals surface area contributed by atoms with E-state index in [1.54, 1.807) is 12.1 Å². The summed E-state index contributed by atoms with van der Waals surface area (Å²) in [5.41, 5.74) is 3.86. The Balaban J connectivity index is 1.82. The Morgan fingerprint density at radius 1 is 1.03 bits per heavy atom. The Hall–Kier alpha value is -2.43. The molecule has 0 aromatic heterocycles. The van der Waals surface area contributed by atoms with Crippen LogP contribution in [0.3, 0.4) is 0 Å². The van der Waals surface area contributed by atoms with Crippen molar-refractivity contribution in [2.24, 2.45) is 10.9 Å². The Morgan fingerprint density at radius 3 is 2.41 bits per heavy atom. The zero-order valence-electron chi connectivity index (χ0n) is 18.3. The molecule has 2 aromatic rings. The minimum absolute atomic E-state index is 0.00905. The lowest BCUT2D eigenvalue weighted by atomic mass is 9.69. The topological polar surface area (TPSA) is 55.7 Å². The predicted molar refractivity (Wildman–Crippen MR) is 127 cm³/mol. The first-order valence-electron chi connectivity index (χ1n) is 10.8. The number of hydrogen-bond donors (Lipinski definition) is 0. The minimum Gasteiger partial charge on any atom is -0.462 e. The van der Waals surface area contributed by atoms with E-state index in [0.29, 0.717) is 34.2 Å². The van der Waals surface area contributed by atoms with Crippen LogP contribution in [-0.4, -0.2) is 23.6 Å². The van der Waals surface area contributed by atoms with Gasteiger partial charge in [0, 0.05) is 29.3 Å². The maximum absolute atomic E-state index is 13.5. The summed E-state index contributed by atoms with van der Waals surface area (Å²) in [7, 11) is 0. The lowest BCUT2D eigenvalue weighted by molar-refractivity contribution is -0.150. The Kier molecular flexibility index (Phi) is 6.55. The number of Topliss-reactive ketones (excluding diaryl/α,β-unsaturated/α-hetero) is 1. The molecule has 32 heavy (non-hydrogen) atoms. The van der Waals surface area contributed by atoms with Crippen LogP contribution in [0, 0.1) is 5.92 Å². The number of carbonyl (C=O) groups is 2. The van der Waals surface area contributed by atoms with Crippen molar-refractivity contribution in [3.63, 3.8) is 0 Å². The van der Waals surface area contributed by atoms with E-state index in [0.717, 1.165) is 16.8 Å². The van der Waals surface area contributed by atoms with E-state index in [-0.39, 0.29) is 23.8 Å². The highest BCUT2D eigenvalue weighted by atomic mass is 35.5. The number of benzene rings is 2. The monoisotopic (exact) mass is 469 g/mol. The van der Waals surface area contributed by atoms with E-state index >= 15 is 0 Å². The third kappa shape index (κ3) is 4.39. The van der Waals surface area contributed by atoms with Gasteiger partial charge in [0.2, 0.25) is 0 Å². The summed E-state index contributed by atoms with van der Waals surface area (Å²) in [5.74, 6) is -1.51. The van der Waals surface area contributed by atoms with Crippen molar-refractivity contribution in [3.05, 3.63) is 81.0 Å². The molecular weight excluding hydrogens is 445 g/mol. The Labute approximate surface area is 198 Å². The van der Waals surface area contributed by atoms with Gasteiger partial charge in [0.1, 0.15) is 5.92 Å². The summed E-state index contributed by atoms with van der Waals surface area (Å²) in [6.45, 7) is 5.45. The summed E-state index contributed by atoms with van der Waals surface area (Å²) in [4.78, 5) is 31.4. The second-order valence-corrected chi connectivity index (χ2v) is 9.48. The third-order valence-corrected chi connectivity index (χ3v) is 6.81. The van der Waals surface area contributed by atoms with Gasteiger partial charge in [-0.25, -0.2) is 0 Å². The number of hydrogen-bond acceptors (Lipinski definition) is 4. The molecule has 0 bridgehead atoms.